The van der Waals surface area contributed by atoms with Gasteiger partial charge in [-0.2, -0.15) is 0 Å². The number of carbonyl (C=O) groups excluding carboxylic acids is 1. The maximum atomic E-state index is 13.1. The fourth-order valence-electron chi connectivity index (χ4n) is 3.04. The highest BCUT2D eigenvalue weighted by atomic mass is 16.5. The second-order valence-corrected chi connectivity index (χ2v) is 6.60. The summed E-state index contributed by atoms with van der Waals surface area (Å²) in [5.74, 6) is 0.588. The molecule has 4 nitrogen and oxygen atoms in total. The zero-order valence-electron chi connectivity index (χ0n) is 16.7. The molecule has 29 heavy (non-hydrogen) atoms. The molecule has 0 aliphatic carbocycles. The highest BCUT2D eigenvalue weighted by Crippen LogP contribution is 2.25. The van der Waals surface area contributed by atoms with Crippen LogP contribution in [-0.4, -0.2) is 20.1 Å². The first-order valence-electron chi connectivity index (χ1n) is 9.46. The summed E-state index contributed by atoms with van der Waals surface area (Å²) >= 11 is 0. The Morgan fingerprint density at radius 1 is 0.862 bits per heavy atom. The van der Waals surface area contributed by atoms with Crippen molar-refractivity contribution in [2.45, 2.75) is 13.2 Å². The lowest BCUT2D eigenvalue weighted by molar-refractivity contribution is -0.115. The first-order chi connectivity index (χ1) is 14.2. The Hall–Kier alpha value is -3.37. The van der Waals surface area contributed by atoms with Crippen molar-refractivity contribution in [1.29, 1.82) is 0 Å². The number of rotatable bonds is 8. The molecule has 0 saturated heterocycles. The van der Waals surface area contributed by atoms with Crippen LogP contribution in [0.4, 0.5) is 0 Å². The van der Waals surface area contributed by atoms with Gasteiger partial charge >= 0.3 is 0 Å². The quantitative estimate of drug-likeness (QED) is 0.450. The molecular formula is C25H25NO3. The Morgan fingerprint density at radius 2 is 1.52 bits per heavy atom. The normalized spacial score (nSPS) is 11.2. The van der Waals surface area contributed by atoms with Crippen LogP contribution in [0.1, 0.15) is 22.3 Å². The van der Waals surface area contributed by atoms with Crippen molar-refractivity contribution >= 4 is 17.6 Å². The van der Waals surface area contributed by atoms with Crippen molar-refractivity contribution in [1.82, 2.24) is 5.32 Å². The molecule has 0 aromatic heterocycles. The monoisotopic (exact) mass is 387 g/mol. The topological polar surface area (TPSA) is 47.6 Å². The SMILES string of the molecule is COCc1ccc(CNC(=O)/C(=C/c2ccccc2OC)c2ccccc2)cc1. The third-order valence-electron chi connectivity index (χ3n) is 4.56. The Kier molecular flexibility index (Phi) is 7.20. The minimum atomic E-state index is -0.136. The van der Waals surface area contributed by atoms with Gasteiger partial charge in [-0.3, -0.25) is 4.79 Å². The van der Waals surface area contributed by atoms with Gasteiger partial charge in [-0.05, 0) is 28.8 Å². The molecule has 4 heteroatoms. The van der Waals surface area contributed by atoms with E-state index in [1.165, 1.54) is 0 Å². The Bertz CT molecular complexity index is 963. The molecule has 0 atom stereocenters. The molecule has 0 aliphatic rings. The third-order valence-corrected chi connectivity index (χ3v) is 4.56. The average Bonchev–Trinajstić information content (AvgIpc) is 2.78. The van der Waals surface area contributed by atoms with Gasteiger partial charge < -0.3 is 14.8 Å². The zero-order valence-corrected chi connectivity index (χ0v) is 16.7. The second kappa shape index (κ2) is 10.2. The molecular weight excluding hydrogens is 362 g/mol. The van der Waals surface area contributed by atoms with E-state index < -0.39 is 0 Å². The summed E-state index contributed by atoms with van der Waals surface area (Å²) in [7, 11) is 3.30. The number of nitrogens with one attached hydrogen (secondary N) is 1. The maximum absolute atomic E-state index is 13.1. The summed E-state index contributed by atoms with van der Waals surface area (Å²) in [6.07, 6.45) is 1.87. The van der Waals surface area contributed by atoms with E-state index in [0.29, 0.717) is 18.7 Å². The van der Waals surface area contributed by atoms with Crippen LogP contribution in [0, 0.1) is 0 Å². The van der Waals surface area contributed by atoms with Gasteiger partial charge in [0.1, 0.15) is 5.75 Å². The van der Waals surface area contributed by atoms with Crippen LogP contribution < -0.4 is 10.1 Å². The summed E-state index contributed by atoms with van der Waals surface area (Å²) in [5, 5.41) is 3.03. The molecule has 0 fully saturated rings. The van der Waals surface area contributed by atoms with Crippen LogP contribution >= 0.6 is 0 Å². The van der Waals surface area contributed by atoms with Crippen LogP contribution in [0.5, 0.6) is 5.75 Å². The lowest BCUT2D eigenvalue weighted by Crippen LogP contribution is -2.23. The largest absolute Gasteiger partial charge is 0.496 e. The standard InChI is InChI=1S/C25H25NO3/c1-28-18-20-14-12-19(13-15-20)17-26-25(27)23(21-8-4-3-5-9-21)16-22-10-6-7-11-24(22)29-2/h3-16H,17-18H2,1-2H3,(H,26,27)/b23-16+. The predicted molar refractivity (Wildman–Crippen MR) is 116 cm³/mol. The van der Waals surface area contributed by atoms with E-state index in [1.54, 1.807) is 14.2 Å². The molecule has 0 spiro atoms. The lowest BCUT2D eigenvalue weighted by atomic mass is 10.0. The highest BCUT2D eigenvalue weighted by molar-refractivity contribution is 6.24. The summed E-state index contributed by atoms with van der Waals surface area (Å²) < 4.78 is 10.6. The van der Waals surface area contributed by atoms with E-state index in [1.807, 2.05) is 84.9 Å². The van der Waals surface area contributed by atoms with Crippen LogP contribution in [0.3, 0.4) is 0 Å². The van der Waals surface area contributed by atoms with Gasteiger partial charge in [-0.1, -0.05) is 72.8 Å². The second-order valence-electron chi connectivity index (χ2n) is 6.60. The number of benzene rings is 3. The number of hydrogen-bond donors (Lipinski definition) is 1. The molecule has 0 aliphatic heterocycles. The number of methoxy groups -OCH3 is 2. The Morgan fingerprint density at radius 3 is 2.21 bits per heavy atom. The molecule has 3 aromatic rings. The molecule has 0 heterocycles. The Labute approximate surface area is 171 Å². The van der Waals surface area contributed by atoms with Gasteiger partial charge in [0.2, 0.25) is 0 Å². The molecule has 3 rings (SSSR count). The van der Waals surface area contributed by atoms with E-state index in [2.05, 4.69) is 5.32 Å². The molecule has 3 aromatic carbocycles. The van der Waals surface area contributed by atoms with Crippen molar-refractivity contribution in [3.8, 4) is 5.75 Å². The molecule has 148 valence electrons. The average molecular weight is 387 g/mol. The van der Waals surface area contributed by atoms with Gasteiger partial charge in [-0.25, -0.2) is 0 Å². The van der Waals surface area contributed by atoms with Crippen molar-refractivity contribution in [2.24, 2.45) is 0 Å². The van der Waals surface area contributed by atoms with Crippen LogP contribution in [0.2, 0.25) is 0 Å². The number of hydrogen-bond acceptors (Lipinski definition) is 3. The lowest BCUT2D eigenvalue weighted by Gasteiger charge is -2.12. The van der Waals surface area contributed by atoms with E-state index in [-0.39, 0.29) is 5.91 Å². The van der Waals surface area contributed by atoms with Gasteiger partial charge in [-0.15, -0.1) is 0 Å². The molecule has 0 bridgehead atoms. The minimum Gasteiger partial charge on any atom is -0.496 e. The number of carbonyl (C=O) groups is 1. The molecule has 1 N–H and O–H groups in total. The summed E-state index contributed by atoms with van der Waals surface area (Å²) in [5.41, 5.74) is 4.43. The molecule has 0 saturated carbocycles. The number of para-hydroxylation sites is 1. The first-order valence-corrected chi connectivity index (χ1v) is 9.46. The Balaban J connectivity index is 1.82. The molecule has 0 unspecified atom stereocenters. The van der Waals surface area contributed by atoms with E-state index in [9.17, 15) is 4.79 Å². The fraction of sp³-hybridized carbons (Fsp3) is 0.160. The highest BCUT2D eigenvalue weighted by Gasteiger charge is 2.13. The van der Waals surface area contributed by atoms with Crippen molar-refractivity contribution < 1.29 is 14.3 Å². The van der Waals surface area contributed by atoms with Crippen molar-refractivity contribution in [3.05, 3.63) is 101 Å². The smallest absolute Gasteiger partial charge is 0.252 e. The predicted octanol–water partition coefficient (Wildman–Crippen LogP) is 4.70. The van der Waals surface area contributed by atoms with Crippen molar-refractivity contribution in [3.63, 3.8) is 0 Å². The number of amides is 1. The third kappa shape index (κ3) is 5.56. The van der Waals surface area contributed by atoms with Gasteiger partial charge in [0, 0.05) is 24.8 Å². The van der Waals surface area contributed by atoms with Gasteiger partial charge in [0.15, 0.2) is 0 Å². The van der Waals surface area contributed by atoms with Crippen LogP contribution in [-0.2, 0) is 22.7 Å². The zero-order chi connectivity index (χ0) is 20.5. The van der Waals surface area contributed by atoms with E-state index in [0.717, 1.165) is 28.0 Å². The fourth-order valence-corrected chi connectivity index (χ4v) is 3.04. The molecule has 1 amide bonds. The van der Waals surface area contributed by atoms with Crippen LogP contribution in [0.25, 0.3) is 11.6 Å². The summed E-state index contributed by atoms with van der Waals surface area (Å²) in [4.78, 5) is 13.1. The molecule has 0 radical (unpaired) electrons. The van der Waals surface area contributed by atoms with E-state index in [4.69, 9.17) is 9.47 Å². The summed E-state index contributed by atoms with van der Waals surface area (Å²) in [6.45, 7) is 1.02. The maximum Gasteiger partial charge on any atom is 0.252 e. The van der Waals surface area contributed by atoms with E-state index >= 15 is 0 Å². The van der Waals surface area contributed by atoms with Crippen LogP contribution in [0.15, 0.2) is 78.9 Å². The number of ether oxygens (including phenoxy) is 2. The first kappa shape index (κ1) is 20.4. The van der Waals surface area contributed by atoms with Crippen molar-refractivity contribution in [2.75, 3.05) is 14.2 Å². The van der Waals surface area contributed by atoms with Gasteiger partial charge in [0.25, 0.3) is 5.91 Å². The minimum absolute atomic E-state index is 0.136. The van der Waals surface area contributed by atoms with Gasteiger partial charge in [0.05, 0.1) is 13.7 Å². The summed E-state index contributed by atoms with van der Waals surface area (Å²) in [6, 6.07) is 25.3.